The maximum absolute atomic E-state index is 6.07. The molecule has 21 heavy (non-hydrogen) atoms. The van der Waals surface area contributed by atoms with E-state index in [9.17, 15) is 0 Å². The molecule has 0 unspecified atom stereocenters. The Kier molecular flexibility index (Phi) is 4.13. The molecule has 0 saturated carbocycles. The number of para-hydroxylation sites is 1. The Hall–Kier alpha value is -1.58. The van der Waals surface area contributed by atoms with Gasteiger partial charge in [0.2, 0.25) is 0 Å². The van der Waals surface area contributed by atoms with E-state index in [1.54, 1.807) is 0 Å². The standard InChI is InChI=1S/C17H13BrClNO/c1-11-5-6-12-3-2-4-16(17(12)20-11)21-15-8-7-14(19)9-13(15)10-18/h2-9H,10H2,1H3. The highest BCUT2D eigenvalue weighted by Gasteiger charge is 2.09. The number of rotatable bonds is 3. The largest absolute Gasteiger partial charge is 0.455 e. The predicted octanol–water partition coefficient (Wildman–Crippen LogP) is 5.88. The minimum atomic E-state index is 0.681. The quantitative estimate of drug-likeness (QED) is 0.542. The number of aromatic nitrogens is 1. The van der Waals surface area contributed by atoms with Crippen LogP contribution in [-0.4, -0.2) is 4.98 Å². The summed E-state index contributed by atoms with van der Waals surface area (Å²) in [4.78, 5) is 4.58. The molecule has 2 aromatic carbocycles. The summed E-state index contributed by atoms with van der Waals surface area (Å²) in [6.07, 6.45) is 0. The first-order valence-electron chi connectivity index (χ1n) is 6.56. The molecular weight excluding hydrogens is 350 g/mol. The van der Waals surface area contributed by atoms with Crippen LogP contribution in [0.2, 0.25) is 5.02 Å². The lowest BCUT2D eigenvalue weighted by atomic mass is 10.2. The van der Waals surface area contributed by atoms with Crippen LogP contribution in [0.1, 0.15) is 11.3 Å². The highest BCUT2D eigenvalue weighted by molar-refractivity contribution is 9.08. The zero-order valence-corrected chi connectivity index (χ0v) is 13.8. The number of hydrogen-bond acceptors (Lipinski definition) is 2. The number of halogens is 2. The smallest absolute Gasteiger partial charge is 0.153 e. The van der Waals surface area contributed by atoms with Crippen LogP contribution in [0, 0.1) is 6.92 Å². The first kappa shape index (κ1) is 14.4. The van der Waals surface area contributed by atoms with Gasteiger partial charge < -0.3 is 4.74 Å². The van der Waals surface area contributed by atoms with Gasteiger partial charge >= 0.3 is 0 Å². The van der Waals surface area contributed by atoms with Crippen molar-refractivity contribution < 1.29 is 4.74 Å². The summed E-state index contributed by atoms with van der Waals surface area (Å²) < 4.78 is 6.07. The molecule has 3 aromatic rings. The lowest BCUT2D eigenvalue weighted by molar-refractivity contribution is 0.483. The SMILES string of the molecule is Cc1ccc2cccc(Oc3ccc(Cl)cc3CBr)c2n1. The summed E-state index contributed by atoms with van der Waals surface area (Å²) in [5, 5.41) is 2.44. The summed E-state index contributed by atoms with van der Waals surface area (Å²) in [6.45, 7) is 1.97. The van der Waals surface area contributed by atoms with Gasteiger partial charge in [0.1, 0.15) is 11.3 Å². The summed E-state index contributed by atoms with van der Waals surface area (Å²) in [7, 11) is 0. The van der Waals surface area contributed by atoms with E-state index in [1.807, 2.05) is 49.4 Å². The zero-order chi connectivity index (χ0) is 14.8. The van der Waals surface area contributed by atoms with Crippen molar-refractivity contribution in [3.63, 3.8) is 0 Å². The zero-order valence-electron chi connectivity index (χ0n) is 11.4. The van der Waals surface area contributed by atoms with Gasteiger partial charge in [-0.3, -0.25) is 0 Å². The van der Waals surface area contributed by atoms with E-state index < -0.39 is 0 Å². The highest BCUT2D eigenvalue weighted by atomic mass is 79.9. The predicted molar refractivity (Wildman–Crippen MR) is 90.6 cm³/mol. The fraction of sp³-hybridized carbons (Fsp3) is 0.118. The maximum atomic E-state index is 6.07. The van der Waals surface area contributed by atoms with Gasteiger partial charge in [-0.15, -0.1) is 0 Å². The molecule has 106 valence electrons. The molecule has 4 heteroatoms. The van der Waals surface area contributed by atoms with Gasteiger partial charge in [0.15, 0.2) is 5.75 Å². The molecule has 2 nitrogen and oxygen atoms in total. The number of pyridine rings is 1. The number of benzene rings is 2. The van der Waals surface area contributed by atoms with E-state index in [1.165, 1.54) is 0 Å². The van der Waals surface area contributed by atoms with Crippen LogP contribution in [0.25, 0.3) is 10.9 Å². The average molecular weight is 363 g/mol. The van der Waals surface area contributed by atoms with Crippen LogP contribution < -0.4 is 4.74 Å². The van der Waals surface area contributed by atoms with Crippen molar-refractivity contribution in [1.29, 1.82) is 0 Å². The Labute approximate surface area is 136 Å². The van der Waals surface area contributed by atoms with Crippen molar-refractivity contribution >= 4 is 38.4 Å². The number of fused-ring (bicyclic) bond motifs is 1. The molecule has 3 rings (SSSR count). The molecule has 0 saturated heterocycles. The second kappa shape index (κ2) is 6.04. The highest BCUT2D eigenvalue weighted by Crippen LogP contribution is 2.32. The Morgan fingerprint density at radius 2 is 1.95 bits per heavy atom. The van der Waals surface area contributed by atoms with Gasteiger partial charge in [-0.1, -0.05) is 45.7 Å². The van der Waals surface area contributed by atoms with Gasteiger partial charge in [0.25, 0.3) is 0 Å². The maximum Gasteiger partial charge on any atom is 0.153 e. The van der Waals surface area contributed by atoms with Gasteiger partial charge in [0, 0.05) is 27.0 Å². The van der Waals surface area contributed by atoms with Gasteiger partial charge in [0.05, 0.1) is 0 Å². The number of hydrogen-bond donors (Lipinski definition) is 0. The Balaban J connectivity index is 2.08. The van der Waals surface area contributed by atoms with E-state index in [4.69, 9.17) is 16.3 Å². The van der Waals surface area contributed by atoms with Crippen LogP contribution in [0.3, 0.4) is 0 Å². The monoisotopic (exact) mass is 361 g/mol. The second-order valence-electron chi connectivity index (χ2n) is 4.77. The van der Waals surface area contributed by atoms with Gasteiger partial charge in [-0.2, -0.15) is 0 Å². The van der Waals surface area contributed by atoms with E-state index >= 15 is 0 Å². The fourth-order valence-corrected chi connectivity index (χ4v) is 2.80. The average Bonchev–Trinajstić information content (AvgIpc) is 2.49. The number of alkyl halides is 1. The van der Waals surface area contributed by atoms with Crippen molar-refractivity contribution in [2.75, 3.05) is 0 Å². The Morgan fingerprint density at radius 1 is 1.10 bits per heavy atom. The first-order chi connectivity index (χ1) is 10.2. The number of nitrogens with zero attached hydrogens (tertiary/aromatic N) is 1. The third-order valence-electron chi connectivity index (χ3n) is 3.21. The third kappa shape index (κ3) is 3.04. The molecule has 0 aliphatic carbocycles. The van der Waals surface area contributed by atoms with E-state index in [2.05, 4.69) is 27.0 Å². The molecule has 0 bridgehead atoms. The second-order valence-corrected chi connectivity index (χ2v) is 5.77. The summed E-state index contributed by atoms with van der Waals surface area (Å²) in [5.41, 5.74) is 2.84. The van der Waals surface area contributed by atoms with E-state index in [-0.39, 0.29) is 0 Å². The summed E-state index contributed by atoms with van der Waals surface area (Å²) >= 11 is 9.49. The number of aryl methyl sites for hydroxylation is 1. The summed E-state index contributed by atoms with van der Waals surface area (Å²) in [5.74, 6) is 1.54. The van der Waals surface area contributed by atoms with Crippen molar-refractivity contribution in [3.8, 4) is 11.5 Å². The minimum absolute atomic E-state index is 0.681. The molecule has 0 spiro atoms. The Morgan fingerprint density at radius 3 is 2.76 bits per heavy atom. The van der Waals surface area contributed by atoms with Crippen LogP contribution >= 0.6 is 27.5 Å². The van der Waals surface area contributed by atoms with Crippen LogP contribution in [0.5, 0.6) is 11.5 Å². The molecule has 0 atom stereocenters. The van der Waals surface area contributed by atoms with Crippen molar-refractivity contribution in [2.24, 2.45) is 0 Å². The Bertz CT molecular complexity index is 804. The van der Waals surface area contributed by atoms with Crippen LogP contribution in [0.15, 0.2) is 48.5 Å². The molecule has 0 amide bonds. The summed E-state index contributed by atoms with van der Waals surface area (Å²) in [6, 6.07) is 15.6. The molecule has 0 radical (unpaired) electrons. The van der Waals surface area contributed by atoms with E-state index in [0.29, 0.717) is 10.4 Å². The third-order valence-corrected chi connectivity index (χ3v) is 4.05. The fourth-order valence-electron chi connectivity index (χ4n) is 2.17. The van der Waals surface area contributed by atoms with Crippen molar-refractivity contribution in [3.05, 3.63) is 64.8 Å². The van der Waals surface area contributed by atoms with Crippen molar-refractivity contribution in [1.82, 2.24) is 4.98 Å². The van der Waals surface area contributed by atoms with Gasteiger partial charge in [-0.25, -0.2) is 4.98 Å². The lowest BCUT2D eigenvalue weighted by Gasteiger charge is -2.12. The molecule has 0 aliphatic heterocycles. The lowest BCUT2D eigenvalue weighted by Crippen LogP contribution is -1.92. The molecule has 1 heterocycles. The molecular formula is C17H13BrClNO. The van der Waals surface area contributed by atoms with Gasteiger partial charge in [-0.05, 0) is 37.3 Å². The molecule has 1 aromatic heterocycles. The van der Waals surface area contributed by atoms with Crippen LogP contribution in [-0.2, 0) is 5.33 Å². The van der Waals surface area contributed by atoms with E-state index in [0.717, 1.165) is 33.7 Å². The normalized spacial score (nSPS) is 10.8. The number of ether oxygens (including phenoxy) is 1. The van der Waals surface area contributed by atoms with Crippen molar-refractivity contribution in [2.45, 2.75) is 12.3 Å². The molecule has 0 aliphatic rings. The van der Waals surface area contributed by atoms with Crippen LogP contribution in [0.4, 0.5) is 0 Å². The minimum Gasteiger partial charge on any atom is -0.455 e. The molecule has 0 fully saturated rings. The topological polar surface area (TPSA) is 22.1 Å². The first-order valence-corrected chi connectivity index (χ1v) is 8.06. The molecule has 0 N–H and O–H groups in total.